The maximum absolute atomic E-state index is 11.5. The molecule has 0 bridgehead atoms. The third-order valence-electron chi connectivity index (χ3n) is 3.91. The Morgan fingerprint density at radius 1 is 0.875 bits per heavy atom. The molecule has 0 heterocycles. The molecule has 0 radical (unpaired) electrons. The molecular formula is C17H34NNaO4S. The molecule has 0 aromatic heterocycles. The Labute approximate surface area is 170 Å². The normalized spacial score (nSPS) is 11.2. The van der Waals surface area contributed by atoms with Crippen molar-refractivity contribution in [3.05, 3.63) is 0 Å². The molecule has 5 nitrogen and oxygen atoms in total. The van der Waals surface area contributed by atoms with Crippen LogP contribution in [-0.2, 0) is 14.9 Å². The van der Waals surface area contributed by atoms with Crippen molar-refractivity contribution in [2.24, 2.45) is 0 Å². The summed E-state index contributed by atoms with van der Waals surface area (Å²) in [6.07, 6.45) is 14.3. The molecule has 0 rings (SSSR count). The van der Waals surface area contributed by atoms with E-state index in [2.05, 4.69) is 12.2 Å². The van der Waals surface area contributed by atoms with Gasteiger partial charge in [-0.05, 0) is 6.42 Å². The number of carbonyl (C=O) groups is 1. The number of unbranched alkanes of at least 4 members (excludes halogenated alkanes) is 10. The molecule has 0 unspecified atom stereocenters. The largest absolute Gasteiger partial charge is 1.00 e. The van der Waals surface area contributed by atoms with Crippen LogP contribution in [-0.4, -0.2) is 37.6 Å². The molecule has 138 valence electrons. The van der Waals surface area contributed by atoms with Crippen molar-refractivity contribution < 1.29 is 47.3 Å². The van der Waals surface area contributed by atoms with E-state index in [1.54, 1.807) is 0 Å². The van der Waals surface area contributed by atoms with E-state index in [0.717, 1.165) is 12.8 Å². The molecule has 0 amide bonds. The Kier molecular flexibility index (Phi) is 20.4. The fourth-order valence-electron chi connectivity index (χ4n) is 2.50. The fraction of sp³-hybridized carbons (Fsp3) is 0.941. The van der Waals surface area contributed by atoms with Gasteiger partial charge in [0.1, 0.15) is 5.78 Å². The van der Waals surface area contributed by atoms with Crippen molar-refractivity contribution in [3.8, 4) is 0 Å². The van der Waals surface area contributed by atoms with Gasteiger partial charge in [0, 0.05) is 13.0 Å². The quantitative estimate of drug-likeness (QED) is 0.227. The summed E-state index contributed by atoms with van der Waals surface area (Å²) in [5.74, 6) is -0.372. The molecule has 0 aliphatic rings. The second kappa shape index (κ2) is 18.3. The van der Waals surface area contributed by atoms with E-state index in [1.807, 2.05) is 0 Å². The second-order valence-electron chi connectivity index (χ2n) is 6.26. The van der Waals surface area contributed by atoms with Crippen molar-refractivity contribution in [2.75, 3.05) is 18.8 Å². The van der Waals surface area contributed by atoms with E-state index in [-0.39, 0.29) is 48.4 Å². The number of hydrogen-bond donors (Lipinski definition) is 1. The van der Waals surface area contributed by atoms with Gasteiger partial charge in [0.05, 0.1) is 22.4 Å². The monoisotopic (exact) mass is 371 g/mol. The van der Waals surface area contributed by atoms with Gasteiger partial charge in [0.15, 0.2) is 0 Å². The van der Waals surface area contributed by atoms with Gasteiger partial charge in [-0.1, -0.05) is 71.1 Å². The summed E-state index contributed by atoms with van der Waals surface area (Å²) in [6.45, 7) is 2.45. The first kappa shape index (κ1) is 26.8. The Morgan fingerprint density at radius 2 is 1.33 bits per heavy atom. The summed E-state index contributed by atoms with van der Waals surface area (Å²) in [7, 11) is -4.18. The van der Waals surface area contributed by atoms with Crippen molar-refractivity contribution in [1.29, 1.82) is 0 Å². The number of nitrogens with one attached hydrogen (secondary N) is 1. The van der Waals surface area contributed by atoms with Gasteiger partial charge in [-0.15, -0.1) is 0 Å². The van der Waals surface area contributed by atoms with Gasteiger partial charge in [0.25, 0.3) is 0 Å². The number of rotatable bonds is 17. The van der Waals surface area contributed by atoms with Gasteiger partial charge in [-0.3, -0.25) is 4.79 Å². The molecule has 0 saturated heterocycles. The standard InChI is InChI=1S/C17H35NO4S.Na/c1-2-3-4-5-6-7-8-9-10-11-12-13-17(19)16-18-14-15-23(20,21)22;/h18H,2-16H2,1H3,(H,20,21,22);/q;+1/p-1. The van der Waals surface area contributed by atoms with Crippen LogP contribution >= 0.6 is 0 Å². The minimum absolute atomic E-state index is 0. The van der Waals surface area contributed by atoms with Crippen LogP contribution in [0.15, 0.2) is 0 Å². The molecule has 7 heteroatoms. The predicted octanol–water partition coefficient (Wildman–Crippen LogP) is 0.395. The van der Waals surface area contributed by atoms with Crippen molar-refractivity contribution >= 4 is 15.9 Å². The Morgan fingerprint density at radius 3 is 1.79 bits per heavy atom. The van der Waals surface area contributed by atoms with Crippen LogP contribution in [0.4, 0.5) is 0 Å². The molecule has 0 aliphatic heterocycles. The summed E-state index contributed by atoms with van der Waals surface area (Å²) in [6, 6.07) is 0. The zero-order valence-electron chi connectivity index (χ0n) is 15.6. The molecule has 0 spiro atoms. The molecule has 1 N–H and O–H groups in total. The average molecular weight is 372 g/mol. The van der Waals surface area contributed by atoms with Crippen LogP contribution in [0.2, 0.25) is 0 Å². The molecule has 24 heavy (non-hydrogen) atoms. The minimum Gasteiger partial charge on any atom is -0.748 e. The first-order chi connectivity index (χ1) is 11.0. The van der Waals surface area contributed by atoms with Gasteiger partial charge in [-0.25, -0.2) is 8.42 Å². The molecule has 0 aliphatic carbocycles. The van der Waals surface area contributed by atoms with E-state index in [1.165, 1.54) is 57.8 Å². The zero-order valence-corrected chi connectivity index (χ0v) is 18.5. The number of carbonyl (C=O) groups excluding carboxylic acids is 1. The second-order valence-corrected chi connectivity index (χ2v) is 7.79. The van der Waals surface area contributed by atoms with Gasteiger partial charge >= 0.3 is 29.6 Å². The molecule has 0 saturated carbocycles. The van der Waals surface area contributed by atoms with Gasteiger partial charge in [0.2, 0.25) is 0 Å². The summed E-state index contributed by atoms with van der Waals surface area (Å²) in [5, 5.41) is 2.70. The fourth-order valence-corrected chi connectivity index (χ4v) is 2.89. The van der Waals surface area contributed by atoms with E-state index in [0.29, 0.717) is 6.42 Å². The number of hydrogen-bond acceptors (Lipinski definition) is 5. The average Bonchev–Trinajstić information content (AvgIpc) is 2.48. The summed E-state index contributed by atoms with van der Waals surface area (Å²) >= 11 is 0. The molecular weight excluding hydrogens is 337 g/mol. The molecule has 0 aromatic rings. The van der Waals surface area contributed by atoms with E-state index >= 15 is 0 Å². The molecule has 0 fully saturated rings. The van der Waals surface area contributed by atoms with Gasteiger partial charge < -0.3 is 9.87 Å². The van der Waals surface area contributed by atoms with Crippen molar-refractivity contribution in [2.45, 2.75) is 84.0 Å². The van der Waals surface area contributed by atoms with Crippen molar-refractivity contribution in [3.63, 3.8) is 0 Å². The molecule has 0 aromatic carbocycles. The summed E-state index contributed by atoms with van der Waals surface area (Å²) in [4.78, 5) is 11.5. The Balaban J connectivity index is 0. The van der Waals surface area contributed by atoms with Crippen LogP contribution in [0.1, 0.15) is 84.0 Å². The number of ketones is 1. The predicted molar refractivity (Wildman–Crippen MR) is 93.5 cm³/mol. The minimum atomic E-state index is -4.18. The van der Waals surface area contributed by atoms with Crippen LogP contribution < -0.4 is 34.9 Å². The summed E-state index contributed by atoms with van der Waals surface area (Å²) in [5.41, 5.74) is 0. The van der Waals surface area contributed by atoms with Crippen LogP contribution in [0.5, 0.6) is 0 Å². The Bertz CT molecular complexity index is 388. The van der Waals surface area contributed by atoms with E-state index < -0.39 is 15.9 Å². The molecule has 0 atom stereocenters. The Hall–Kier alpha value is 0.540. The van der Waals surface area contributed by atoms with Crippen LogP contribution in [0.25, 0.3) is 0 Å². The first-order valence-corrected chi connectivity index (χ1v) is 10.7. The zero-order chi connectivity index (χ0) is 17.4. The van der Waals surface area contributed by atoms with Crippen molar-refractivity contribution in [1.82, 2.24) is 5.32 Å². The van der Waals surface area contributed by atoms with Crippen LogP contribution in [0.3, 0.4) is 0 Å². The first-order valence-electron chi connectivity index (χ1n) is 9.11. The SMILES string of the molecule is CCCCCCCCCCCCCC(=O)CNCCS(=O)(=O)[O-].[Na+]. The number of Topliss-reactive ketones (excluding diaryl/α,β-unsaturated/α-hetero) is 1. The van der Waals surface area contributed by atoms with E-state index in [9.17, 15) is 17.8 Å². The smallest absolute Gasteiger partial charge is 0.748 e. The van der Waals surface area contributed by atoms with Crippen LogP contribution in [0, 0.1) is 0 Å². The third kappa shape index (κ3) is 22.5. The van der Waals surface area contributed by atoms with E-state index in [4.69, 9.17) is 0 Å². The maximum Gasteiger partial charge on any atom is 1.00 e. The topological polar surface area (TPSA) is 86.3 Å². The maximum atomic E-state index is 11.5. The summed E-state index contributed by atoms with van der Waals surface area (Å²) < 4.78 is 31.1. The van der Waals surface area contributed by atoms with Gasteiger partial charge in [-0.2, -0.15) is 0 Å². The third-order valence-corrected chi connectivity index (χ3v) is 4.61.